The van der Waals surface area contributed by atoms with Crippen molar-refractivity contribution >= 4 is 11.8 Å². The highest BCUT2D eigenvalue weighted by molar-refractivity contribution is 6.13. The van der Waals surface area contributed by atoms with E-state index in [1.807, 2.05) is 0 Å². The van der Waals surface area contributed by atoms with E-state index in [1.165, 1.54) is 23.5 Å². The molecule has 0 spiro atoms. The van der Waals surface area contributed by atoms with Gasteiger partial charge in [-0.15, -0.1) is 0 Å². The largest absolute Gasteiger partial charge is 0.298 e. The second kappa shape index (κ2) is 3.17. The molecule has 15 heavy (non-hydrogen) atoms. The highest BCUT2D eigenvalue weighted by Crippen LogP contribution is 2.32. The van der Waals surface area contributed by atoms with E-state index in [1.54, 1.807) is 0 Å². The Morgan fingerprint density at radius 1 is 1.00 bits per heavy atom. The van der Waals surface area contributed by atoms with Crippen molar-refractivity contribution < 1.29 is 9.59 Å². The van der Waals surface area contributed by atoms with Crippen molar-refractivity contribution in [1.82, 2.24) is 9.80 Å². The minimum atomic E-state index is -0.126. The number of hydrogen-bond acceptors (Lipinski definition) is 3. The molecule has 3 rings (SSSR count). The second-order valence-corrected chi connectivity index (χ2v) is 4.48. The van der Waals surface area contributed by atoms with E-state index in [4.69, 9.17) is 0 Å². The smallest absolute Gasteiger partial charge is 0.253 e. The van der Waals surface area contributed by atoms with Crippen LogP contribution in [0.25, 0.3) is 0 Å². The van der Waals surface area contributed by atoms with Gasteiger partial charge in [0.05, 0.1) is 6.04 Å². The summed E-state index contributed by atoms with van der Waals surface area (Å²) < 4.78 is 0. The van der Waals surface area contributed by atoms with E-state index in [-0.39, 0.29) is 17.9 Å². The maximum Gasteiger partial charge on any atom is 0.253 e. The SMILES string of the molecule is O=C1C=CC(=O)N1C1CCN2CCCC12. The molecule has 0 aromatic heterocycles. The van der Waals surface area contributed by atoms with Crippen LogP contribution < -0.4 is 0 Å². The zero-order chi connectivity index (χ0) is 10.4. The Morgan fingerprint density at radius 2 is 1.73 bits per heavy atom. The number of carbonyl (C=O) groups excluding carboxylic acids is 2. The van der Waals surface area contributed by atoms with Gasteiger partial charge in [0.15, 0.2) is 0 Å². The Balaban J connectivity index is 1.83. The molecular weight excluding hydrogens is 192 g/mol. The summed E-state index contributed by atoms with van der Waals surface area (Å²) in [5.41, 5.74) is 0. The van der Waals surface area contributed by atoms with Gasteiger partial charge in [-0.3, -0.25) is 19.4 Å². The summed E-state index contributed by atoms with van der Waals surface area (Å²) >= 11 is 0. The first-order valence-electron chi connectivity index (χ1n) is 5.56. The molecular formula is C11H14N2O2. The minimum Gasteiger partial charge on any atom is -0.298 e. The molecule has 2 fully saturated rings. The molecule has 2 unspecified atom stereocenters. The predicted molar refractivity (Wildman–Crippen MR) is 54.0 cm³/mol. The van der Waals surface area contributed by atoms with Crippen molar-refractivity contribution in [1.29, 1.82) is 0 Å². The first-order valence-corrected chi connectivity index (χ1v) is 5.56. The first kappa shape index (κ1) is 9.09. The summed E-state index contributed by atoms with van der Waals surface area (Å²) in [7, 11) is 0. The quantitative estimate of drug-likeness (QED) is 0.573. The van der Waals surface area contributed by atoms with Gasteiger partial charge in [0.2, 0.25) is 0 Å². The minimum absolute atomic E-state index is 0.126. The Morgan fingerprint density at radius 3 is 2.47 bits per heavy atom. The average Bonchev–Trinajstić information content (AvgIpc) is 2.84. The molecule has 0 saturated carbocycles. The van der Waals surface area contributed by atoms with Gasteiger partial charge in [0.1, 0.15) is 0 Å². The summed E-state index contributed by atoms with van der Waals surface area (Å²) in [5.74, 6) is -0.252. The van der Waals surface area contributed by atoms with E-state index in [0.29, 0.717) is 6.04 Å². The molecule has 4 heteroatoms. The molecule has 2 atom stereocenters. The summed E-state index contributed by atoms with van der Waals surface area (Å²) in [6.07, 6.45) is 6.05. The van der Waals surface area contributed by atoms with Crippen LogP contribution in [0.2, 0.25) is 0 Å². The summed E-state index contributed by atoms with van der Waals surface area (Å²) in [6, 6.07) is 0.556. The lowest BCUT2D eigenvalue weighted by molar-refractivity contribution is -0.139. The number of hydrogen-bond donors (Lipinski definition) is 0. The number of nitrogens with zero attached hydrogens (tertiary/aromatic N) is 2. The standard InChI is InChI=1S/C11H14N2O2/c14-10-3-4-11(15)13(10)9-5-7-12-6-1-2-8(9)12/h3-4,8-9H,1-2,5-7H2. The Hall–Kier alpha value is -1.16. The molecule has 0 aromatic carbocycles. The second-order valence-electron chi connectivity index (χ2n) is 4.48. The summed E-state index contributed by atoms with van der Waals surface area (Å²) in [6.45, 7) is 2.16. The number of amides is 2. The van der Waals surface area contributed by atoms with E-state index < -0.39 is 0 Å². The van der Waals surface area contributed by atoms with Crippen LogP contribution in [-0.4, -0.2) is 46.8 Å². The number of fused-ring (bicyclic) bond motifs is 1. The van der Waals surface area contributed by atoms with Gasteiger partial charge >= 0.3 is 0 Å². The Bertz CT molecular complexity index is 332. The van der Waals surface area contributed by atoms with E-state index in [0.717, 1.165) is 25.9 Å². The molecule has 4 nitrogen and oxygen atoms in total. The van der Waals surface area contributed by atoms with Crippen molar-refractivity contribution in [3.05, 3.63) is 12.2 Å². The molecule has 3 aliphatic heterocycles. The van der Waals surface area contributed by atoms with Gasteiger partial charge in [-0.1, -0.05) is 0 Å². The number of rotatable bonds is 1. The highest BCUT2D eigenvalue weighted by Gasteiger charge is 2.44. The van der Waals surface area contributed by atoms with Crippen LogP contribution in [0.4, 0.5) is 0 Å². The molecule has 3 aliphatic rings. The predicted octanol–water partition coefficient (Wildman–Crippen LogP) is 0.148. The monoisotopic (exact) mass is 206 g/mol. The van der Waals surface area contributed by atoms with Crippen LogP contribution in [0.3, 0.4) is 0 Å². The van der Waals surface area contributed by atoms with Gasteiger partial charge in [-0.25, -0.2) is 0 Å². The fourth-order valence-electron chi connectivity index (χ4n) is 3.10. The molecule has 80 valence electrons. The van der Waals surface area contributed by atoms with E-state index >= 15 is 0 Å². The molecule has 0 bridgehead atoms. The van der Waals surface area contributed by atoms with Crippen molar-refractivity contribution in [3.8, 4) is 0 Å². The highest BCUT2D eigenvalue weighted by atomic mass is 16.2. The van der Waals surface area contributed by atoms with Crippen LogP contribution in [-0.2, 0) is 9.59 Å². The van der Waals surface area contributed by atoms with Crippen molar-refractivity contribution in [3.63, 3.8) is 0 Å². The van der Waals surface area contributed by atoms with E-state index in [9.17, 15) is 9.59 Å². The van der Waals surface area contributed by atoms with Gasteiger partial charge in [-0.2, -0.15) is 0 Å². The molecule has 0 N–H and O–H groups in total. The van der Waals surface area contributed by atoms with Crippen LogP contribution >= 0.6 is 0 Å². The van der Waals surface area contributed by atoms with Crippen LogP contribution in [0.5, 0.6) is 0 Å². The Kier molecular flexibility index (Phi) is 1.92. The molecule has 0 aromatic rings. The lowest BCUT2D eigenvalue weighted by Crippen LogP contribution is -2.45. The third-order valence-corrected chi connectivity index (χ3v) is 3.75. The third-order valence-electron chi connectivity index (χ3n) is 3.75. The fraction of sp³-hybridized carbons (Fsp3) is 0.636. The normalized spacial score (nSPS) is 35.6. The molecule has 0 aliphatic carbocycles. The van der Waals surface area contributed by atoms with Crippen LogP contribution in [0.1, 0.15) is 19.3 Å². The lowest BCUT2D eigenvalue weighted by atomic mass is 10.1. The zero-order valence-corrected chi connectivity index (χ0v) is 8.56. The molecule has 0 radical (unpaired) electrons. The van der Waals surface area contributed by atoms with Crippen molar-refractivity contribution in [2.75, 3.05) is 13.1 Å². The van der Waals surface area contributed by atoms with Gasteiger partial charge in [0.25, 0.3) is 11.8 Å². The molecule has 2 saturated heterocycles. The Labute approximate surface area is 88.5 Å². The maximum absolute atomic E-state index is 11.6. The van der Waals surface area contributed by atoms with Gasteiger partial charge in [0, 0.05) is 24.7 Å². The van der Waals surface area contributed by atoms with Gasteiger partial charge in [-0.05, 0) is 25.8 Å². The topological polar surface area (TPSA) is 40.6 Å². The van der Waals surface area contributed by atoms with Crippen LogP contribution in [0, 0.1) is 0 Å². The lowest BCUT2D eigenvalue weighted by Gasteiger charge is -2.27. The summed E-state index contributed by atoms with van der Waals surface area (Å²) in [5, 5.41) is 0. The molecule has 3 heterocycles. The number of carbonyl (C=O) groups is 2. The number of imide groups is 1. The third kappa shape index (κ3) is 1.24. The average molecular weight is 206 g/mol. The molecule has 2 amide bonds. The van der Waals surface area contributed by atoms with Crippen molar-refractivity contribution in [2.45, 2.75) is 31.3 Å². The fourth-order valence-corrected chi connectivity index (χ4v) is 3.10. The summed E-state index contributed by atoms with van der Waals surface area (Å²) in [4.78, 5) is 27.0. The van der Waals surface area contributed by atoms with E-state index in [2.05, 4.69) is 4.90 Å². The van der Waals surface area contributed by atoms with Crippen LogP contribution in [0.15, 0.2) is 12.2 Å². The van der Waals surface area contributed by atoms with Crippen molar-refractivity contribution in [2.24, 2.45) is 0 Å². The zero-order valence-electron chi connectivity index (χ0n) is 8.56. The maximum atomic E-state index is 11.6. The first-order chi connectivity index (χ1) is 7.27. The van der Waals surface area contributed by atoms with Gasteiger partial charge < -0.3 is 0 Å².